The SMILES string of the molecule is COc1cc(C(C)NCC2COCCO2)ccc1F. The topological polar surface area (TPSA) is 39.7 Å². The van der Waals surface area contributed by atoms with Crippen LogP contribution in [0.5, 0.6) is 5.75 Å². The van der Waals surface area contributed by atoms with E-state index in [0.717, 1.165) is 5.56 Å². The quantitative estimate of drug-likeness (QED) is 0.886. The maximum absolute atomic E-state index is 13.3. The van der Waals surface area contributed by atoms with Crippen molar-refractivity contribution in [1.82, 2.24) is 5.32 Å². The Hall–Kier alpha value is -1.17. The fraction of sp³-hybridized carbons (Fsp3) is 0.571. The molecule has 0 saturated carbocycles. The molecule has 1 saturated heterocycles. The first kappa shape index (κ1) is 14.2. The van der Waals surface area contributed by atoms with Crippen LogP contribution in [0.3, 0.4) is 0 Å². The Kier molecular flexibility index (Phi) is 5.13. The van der Waals surface area contributed by atoms with Crippen molar-refractivity contribution in [2.24, 2.45) is 0 Å². The van der Waals surface area contributed by atoms with Gasteiger partial charge in [-0.1, -0.05) is 6.07 Å². The van der Waals surface area contributed by atoms with Crippen molar-refractivity contribution in [3.63, 3.8) is 0 Å². The molecule has 1 aliphatic rings. The zero-order valence-corrected chi connectivity index (χ0v) is 11.3. The van der Waals surface area contributed by atoms with Crippen molar-refractivity contribution in [2.45, 2.75) is 19.1 Å². The summed E-state index contributed by atoms with van der Waals surface area (Å²) in [5, 5.41) is 3.36. The molecule has 0 aliphatic carbocycles. The van der Waals surface area contributed by atoms with Crippen LogP contribution < -0.4 is 10.1 Å². The van der Waals surface area contributed by atoms with Crippen LogP contribution in [0.25, 0.3) is 0 Å². The van der Waals surface area contributed by atoms with Gasteiger partial charge in [-0.05, 0) is 24.6 Å². The van der Waals surface area contributed by atoms with Crippen molar-refractivity contribution in [1.29, 1.82) is 0 Å². The molecule has 1 heterocycles. The molecule has 19 heavy (non-hydrogen) atoms. The van der Waals surface area contributed by atoms with E-state index in [1.165, 1.54) is 13.2 Å². The summed E-state index contributed by atoms with van der Waals surface area (Å²) in [6, 6.07) is 4.99. The van der Waals surface area contributed by atoms with Crippen LogP contribution in [-0.4, -0.2) is 39.6 Å². The number of hydrogen-bond donors (Lipinski definition) is 1. The normalized spacial score (nSPS) is 21.1. The van der Waals surface area contributed by atoms with Gasteiger partial charge in [0.15, 0.2) is 11.6 Å². The highest BCUT2D eigenvalue weighted by molar-refractivity contribution is 5.31. The summed E-state index contributed by atoms with van der Waals surface area (Å²) >= 11 is 0. The lowest BCUT2D eigenvalue weighted by Gasteiger charge is -2.25. The molecule has 1 aliphatic heterocycles. The Labute approximate surface area is 112 Å². The van der Waals surface area contributed by atoms with Crippen molar-refractivity contribution in [2.75, 3.05) is 33.5 Å². The Morgan fingerprint density at radius 3 is 3.00 bits per heavy atom. The zero-order valence-electron chi connectivity index (χ0n) is 11.3. The molecule has 0 amide bonds. The van der Waals surface area contributed by atoms with Gasteiger partial charge < -0.3 is 19.5 Å². The van der Waals surface area contributed by atoms with Gasteiger partial charge in [0, 0.05) is 12.6 Å². The minimum atomic E-state index is -0.345. The van der Waals surface area contributed by atoms with E-state index >= 15 is 0 Å². The molecular weight excluding hydrogens is 249 g/mol. The van der Waals surface area contributed by atoms with Crippen molar-refractivity contribution < 1.29 is 18.6 Å². The second kappa shape index (κ2) is 6.84. The first-order valence-electron chi connectivity index (χ1n) is 6.47. The Bertz CT molecular complexity index is 408. The smallest absolute Gasteiger partial charge is 0.165 e. The number of methoxy groups -OCH3 is 1. The molecule has 1 aromatic rings. The predicted molar refractivity (Wildman–Crippen MR) is 69.9 cm³/mol. The van der Waals surface area contributed by atoms with Gasteiger partial charge in [-0.3, -0.25) is 0 Å². The Morgan fingerprint density at radius 2 is 2.32 bits per heavy atom. The molecule has 0 radical (unpaired) electrons. The molecule has 4 nitrogen and oxygen atoms in total. The first-order valence-corrected chi connectivity index (χ1v) is 6.47. The molecule has 1 fully saturated rings. The highest BCUT2D eigenvalue weighted by atomic mass is 19.1. The maximum atomic E-state index is 13.3. The minimum absolute atomic E-state index is 0.0820. The number of halogens is 1. The monoisotopic (exact) mass is 269 g/mol. The average Bonchev–Trinajstić information content (AvgIpc) is 2.46. The first-order chi connectivity index (χ1) is 9.20. The highest BCUT2D eigenvalue weighted by Crippen LogP contribution is 2.22. The predicted octanol–water partition coefficient (Wildman–Crippen LogP) is 1.90. The standard InChI is InChI=1S/C14H20FNO3/c1-10(16-8-12-9-18-5-6-19-12)11-3-4-13(15)14(7-11)17-2/h3-4,7,10,12,16H,5-6,8-9H2,1-2H3. The molecule has 5 heteroatoms. The van der Waals surface area contributed by atoms with Gasteiger partial charge in [-0.25, -0.2) is 4.39 Å². The van der Waals surface area contributed by atoms with E-state index in [4.69, 9.17) is 14.2 Å². The lowest BCUT2D eigenvalue weighted by atomic mass is 10.1. The largest absolute Gasteiger partial charge is 0.494 e. The van der Waals surface area contributed by atoms with Crippen LogP contribution in [0, 0.1) is 5.82 Å². The number of ether oxygens (including phenoxy) is 3. The number of rotatable bonds is 5. The van der Waals surface area contributed by atoms with Gasteiger partial charge in [0.2, 0.25) is 0 Å². The molecule has 2 atom stereocenters. The van der Waals surface area contributed by atoms with E-state index < -0.39 is 0 Å². The van der Waals surface area contributed by atoms with Crippen LogP contribution in [0.2, 0.25) is 0 Å². The fourth-order valence-corrected chi connectivity index (χ4v) is 2.03. The van der Waals surface area contributed by atoms with E-state index in [9.17, 15) is 4.39 Å². The number of benzene rings is 1. The molecule has 1 N–H and O–H groups in total. The summed E-state index contributed by atoms with van der Waals surface area (Å²) in [4.78, 5) is 0. The van der Waals surface area contributed by atoms with E-state index in [2.05, 4.69) is 5.32 Å². The summed E-state index contributed by atoms with van der Waals surface area (Å²) in [5.41, 5.74) is 0.981. The Morgan fingerprint density at radius 1 is 1.47 bits per heavy atom. The third kappa shape index (κ3) is 3.89. The summed E-state index contributed by atoms with van der Waals surface area (Å²) < 4.78 is 29.2. The van der Waals surface area contributed by atoms with Crippen molar-refractivity contribution in [3.05, 3.63) is 29.6 Å². The van der Waals surface area contributed by atoms with Crippen LogP contribution in [0.15, 0.2) is 18.2 Å². The van der Waals surface area contributed by atoms with Gasteiger partial charge in [0.1, 0.15) is 0 Å². The summed E-state index contributed by atoms with van der Waals surface area (Å²) in [6.07, 6.45) is 0.0820. The molecule has 2 rings (SSSR count). The van der Waals surface area contributed by atoms with Crippen LogP contribution in [0.4, 0.5) is 4.39 Å². The maximum Gasteiger partial charge on any atom is 0.165 e. The van der Waals surface area contributed by atoms with Crippen molar-refractivity contribution in [3.8, 4) is 5.75 Å². The number of hydrogen-bond acceptors (Lipinski definition) is 4. The van der Waals surface area contributed by atoms with Crippen molar-refractivity contribution >= 4 is 0 Å². The van der Waals surface area contributed by atoms with Gasteiger partial charge in [0.05, 0.1) is 33.0 Å². The molecule has 0 bridgehead atoms. The fourth-order valence-electron chi connectivity index (χ4n) is 2.03. The molecule has 0 spiro atoms. The second-order valence-electron chi connectivity index (χ2n) is 4.59. The lowest BCUT2D eigenvalue weighted by molar-refractivity contribution is -0.0869. The Balaban J connectivity index is 1.89. The lowest BCUT2D eigenvalue weighted by Crippen LogP contribution is -2.38. The minimum Gasteiger partial charge on any atom is -0.494 e. The van der Waals surface area contributed by atoms with Gasteiger partial charge >= 0.3 is 0 Å². The van der Waals surface area contributed by atoms with Crippen LogP contribution in [0.1, 0.15) is 18.5 Å². The summed E-state index contributed by atoms with van der Waals surface area (Å²) in [7, 11) is 1.47. The molecular formula is C14H20FNO3. The summed E-state index contributed by atoms with van der Waals surface area (Å²) in [5.74, 6) is -0.0779. The average molecular weight is 269 g/mol. The highest BCUT2D eigenvalue weighted by Gasteiger charge is 2.16. The van der Waals surface area contributed by atoms with Gasteiger partial charge in [-0.2, -0.15) is 0 Å². The number of nitrogens with one attached hydrogen (secondary N) is 1. The molecule has 1 aromatic carbocycles. The van der Waals surface area contributed by atoms with E-state index in [0.29, 0.717) is 26.4 Å². The van der Waals surface area contributed by atoms with Gasteiger partial charge in [0.25, 0.3) is 0 Å². The van der Waals surface area contributed by atoms with Crippen LogP contribution in [-0.2, 0) is 9.47 Å². The van der Waals surface area contributed by atoms with Crippen LogP contribution >= 0.6 is 0 Å². The molecule has 106 valence electrons. The van der Waals surface area contributed by atoms with E-state index in [1.54, 1.807) is 12.1 Å². The molecule has 2 unspecified atom stereocenters. The third-order valence-corrected chi connectivity index (χ3v) is 3.21. The summed E-state index contributed by atoms with van der Waals surface area (Å²) in [6.45, 7) is 4.66. The van der Waals surface area contributed by atoms with Gasteiger partial charge in [-0.15, -0.1) is 0 Å². The zero-order chi connectivity index (χ0) is 13.7. The second-order valence-corrected chi connectivity index (χ2v) is 4.59. The molecule has 0 aromatic heterocycles. The third-order valence-electron chi connectivity index (χ3n) is 3.21. The van der Waals surface area contributed by atoms with E-state index in [-0.39, 0.29) is 23.7 Å². The van der Waals surface area contributed by atoms with E-state index in [1.807, 2.05) is 6.92 Å².